The van der Waals surface area contributed by atoms with Gasteiger partial charge in [-0.05, 0) is 13.3 Å². The lowest BCUT2D eigenvalue weighted by Gasteiger charge is -2.09. The Morgan fingerprint density at radius 2 is 2.14 bits per heavy atom. The zero-order valence-corrected chi connectivity index (χ0v) is 4.89. The zero-order valence-electron chi connectivity index (χ0n) is 4.89. The zero-order chi connectivity index (χ0) is 5.86. The van der Waals surface area contributed by atoms with Crippen molar-refractivity contribution >= 4 is 0 Å². The molecule has 0 saturated heterocycles. The van der Waals surface area contributed by atoms with Gasteiger partial charge in [-0.2, -0.15) is 0 Å². The molecule has 0 aromatic carbocycles. The van der Waals surface area contributed by atoms with Crippen LogP contribution in [0, 0.1) is 0 Å². The van der Waals surface area contributed by atoms with E-state index in [2.05, 4.69) is 0 Å². The van der Waals surface area contributed by atoms with Gasteiger partial charge in [0.25, 0.3) is 0 Å². The standard InChI is InChI=1S/C5H13NO/c1-3-5(7)4(2)6/h4-5,7H,3,6H2,1-2H3/t4-,5-/m0/s1. The Balaban J connectivity index is 3.14. The van der Waals surface area contributed by atoms with Gasteiger partial charge in [0.1, 0.15) is 0 Å². The first kappa shape index (κ1) is 6.92. The van der Waals surface area contributed by atoms with E-state index in [9.17, 15) is 0 Å². The molecule has 0 spiro atoms. The Morgan fingerprint density at radius 1 is 1.71 bits per heavy atom. The minimum Gasteiger partial charge on any atom is -0.392 e. The van der Waals surface area contributed by atoms with Crippen molar-refractivity contribution < 1.29 is 5.11 Å². The molecule has 0 aliphatic carbocycles. The maximum absolute atomic E-state index is 8.81. The molecule has 0 unspecified atom stereocenters. The van der Waals surface area contributed by atoms with Crippen LogP contribution in [0.5, 0.6) is 0 Å². The van der Waals surface area contributed by atoms with E-state index >= 15 is 0 Å². The maximum atomic E-state index is 8.81. The molecule has 0 aromatic heterocycles. The third kappa shape index (κ3) is 2.60. The van der Waals surface area contributed by atoms with E-state index in [1.807, 2.05) is 6.92 Å². The van der Waals surface area contributed by atoms with E-state index in [4.69, 9.17) is 10.8 Å². The van der Waals surface area contributed by atoms with Gasteiger partial charge in [0.15, 0.2) is 0 Å². The van der Waals surface area contributed by atoms with Crippen LogP contribution < -0.4 is 5.73 Å². The molecule has 0 aromatic rings. The summed E-state index contributed by atoms with van der Waals surface area (Å²) in [5.74, 6) is 0. The van der Waals surface area contributed by atoms with Gasteiger partial charge in [0, 0.05) is 6.04 Å². The van der Waals surface area contributed by atoms with Gasteiger partial charge >= 0.3 is 0 Å². The molecule has 2 atom stereocenters. The molecular weight excluding hydrogens is 90.1 g/mol. The summed E-state index contributed by atoms with van der Waals surface area (Å²) < 4.78 is 0. The van der Waals surface area contributed by atoms with Crippen LogP contribution in [0.2, 0.25) is 0 Å². The van der Waals surface area contributed by atoms with Gasteiger partial charge in [-0.3, -0.25) is 0 Å². The van der Waals surface area contributed by atoms with Gasteiger partial charge in [0.2, 0.25) is 0 Å². The molecule has 0 amide bonds. The lowest BCUT2D eigenvalue weighted by molar-refractivity contribution is 0.147. The summed E-state index contributed by atoms with van der Waals surface area (Å²) in [6.45, 7) is 3.71. The molecule has 0 aliphatic heterocycles. The number of nitrogens with two attached hydrogens (primary N) is 1. The van der Waals surface area contributed by atoms with Crippen molar-refractivity contribution in [1.82, 2.24) is 0 Å². The number of aliphatic hydroxyl groups excluding tert-OH is 1. The average Bonchev–Trinajstić information content (AvgIpc) is 1.65. The van der Waals surface area contributed by atoms with E-state index in [0.717, 1.165) is 6.42 Å². The molecule has 0 fully saturated rings. The summed E-state index contributed by atoms with van der Waals surface area (Å²) in [6.07, 6.45) is 0.428. The van der Waals surface area contributed by atoms with Crippen molar-refractivity contribution in [2.24, 2.45) is 5.73 Å². The lowest BCUT2D eigenvalue weighted by atomic mass is 10.1. The van der Waals surface area contributed by atoms with Crippen LogP contribution in [0.4, 0.5) is 0 Å². The van der Waals surface area contributed by atoms with Crippen molar-refractivity contribution in [3.8, 4) is 0 Å². The highest BCUT2D eigenvalue weighted by atomic mass is 16.3. The highest BCUT2D eigenvalue weighted by Crippen LogP contribution is 1.91. The summed E-state index contributed by atoms with van der Waals surface area (Å²) in [5.41, 5.74) is 5.30. The van der Waals surface area contributed by atoms with Crippen LogP contribution in [-0.4, -0.2) is 17.3 Å². The van der Waals surface area contributed by atoms with Gasteiger partial charge < -0.3 is 10.8 Å². The Kier molecular flexibility index (Phi) is 2.96. The van der Waals surface area contributed by atoms with Crippen LogP contribution in [0.3, 0.4) is 0 Å². The Hall–Kier alpha value is -0.0800. The maximum Gasteiger partial charge on any atom is 0.0685 e. The molecule has 2 heteroatoms. The average molecular weight is 103 g/mol. The van der Waals surface area contributed by atoms with E-state index in [1.165, 1.54) is 0 Å². The van der Waals surface area contributed by atoms with E-state index in [1.54, 1.807) is 6.92 Å². The molecular formula is C5H13NO. The largest absolute Gasteiger partial charge is 0.392 e. The second-order valence-corrected chi connectivity index (χ2v) is 1.83. The molecule has 7 heavy (non-hydrogen) atoms. The minimum atomic E-state index is -0.319. The Morgan fingerprint density at radius 3 is 2.14 bits per heavy atom. The Bertz CT molecular complexity index is 45.3. The summed E-state index contributed by atoms with van der Waals surface area (Å²) >= 11 is 0. The molecule has 0 aliphatic rings. The lowest BCUT2D eigenvalue weighted by Crippen LogP contribution is -2.30. The molecule has 44 valence electrons. The second kappa shape index (κ2) is 2.99. The van der Waals surface area contributed by atoms with Crippen LogP contribution in [-0.2, 0) is 0 Å². The summed E-state index contributed by atoms with van der Waals surface area (Å²) in [7, 11) is 0. The fraction of sp³-hybridized carbons (Fsp3) is 1.00. The smallest absolute Gasteiger partial charge is 0.0685 e. The minimum absolute atomic E-state index is 0.0787. The van der Waals surface area contributed by atoms with Crippen molar-refractivity contribution in [3.05, 3.63) is 0 Å². The molecule has 3 N–H and O–H groups in total. The van der Waals surface area contributed by atoms with Gasteiger partial charge in [-0.25, -0.2) is 0 Å². The predicted molar refractivity (Wildman–Crippen MR) is 29.9 cm³/mol. The number of aliphatic hydroxyl groups is 1. The first-order valence-corrected chi connectivity index (χ1v) is 2.62. The molecule has 0 saturated carbocycles. The monoisotopic (exact) mass is 103 g/mol. The first-order chi connectivity index (χ1) is 3.18. The van der Waals surface area contributed by atoms with Gasteiger partial charge in [0.05, 0.1) is 6.10 Å². The highest BCUT2D eigenvalue weighted by Gasteiger charge is 2.03. The van der Waals surface area contributed by atoms with Crippen LogP contribution in [0.15, 0.2) is 0 Å². The predicted octanol–water partition coefficient (Wildman–Crippen LogP) is 0.104. The van der Waals surface area contributed by atoms with Crippen LogP contribution in [0.1, 0.15) is 20.3 Å². The fourth-order valence-electron chi connectivity index (χ4n) is 0.372. The molecule has 0 rings (SSSR count). The highest BCUT2D eigenvalue weighted by molar-refractivity contribution is 4.62. The molecule has 0 heterocycles. The fourth-order valence-corrected chi connectivity index (χ4v) is 0.372. The topological polar surface area (TPSA) is 46.2 Å². The first-order valence-electron chi connectivity index (χ1n) is 2.62. The third-order valence-corrected chi connectivity index (χ3v) is 1.03. The Labute approximate surface area is 44.3 Å². The van der Waals surface area contributed by atoms with Crippen molar-refractivity contribution in [2.45, 2.75) is 32.4 Å². The summed E-state index contributed by atoms with van der Waals surface area (Å²) in [6, 6.07) is -0.0787. The SMILES string of the molecule is CC[C@H](O)[C@H](C)N. The van der Waals surface area contributed by atoms with Crippen molar-refractivity contribution in [3.63, 3.8) is 0 Å². The van der Waals surface area contributed by atoms with E-state index in [0.29, 0.717) is 0 Å². The quantitative estimate of drug-likeness (QED) is 0.521. The third-order valence-electron chi connectivity index (χ3n) is 1.03. The summed E-state index contributed by atoms with van der Waals surface area (Å²) in [4.78, 5) is 0. The molecule has 0 radical (unpaired) electrons. The molecule has 2 nitrogen and oxygen atoms in total. The normalized spacial score (nSPS) is 18.9. The molecule has 0 bridgehead atoms. The van der Waals surface area contributed by atoms with Crippen LogP contribution in [0.25, 0.3) is 0 Å². The van der Waals surface area contributed by atoms with Gasteiger partial charge in [-0.1, -0.05) is 6.92 Å². The number of hydrogen-bond acceptors (Lipinski definition) is 2. The van der Waals surface area contributed by atoms with Crippen molar-refractivity contribution in [1.29, 1.82) is 0 Å². The van der Waals surface area contributed by atoms with Crippen LogP contribution >= 0.6 is 0 Å². The number of rotatable bonds is 2. The van der Waals surface area contributed by atoms with Gasteiger partial charge in [-0.15, -0.1) is 0 Å². The second-order valence-electron chi connectivity index (χ2n) is 1.83. The summed E-state index contributed by atoms with van der Waals surface area (Å²) in [5, 5.41) is 8.81. The van der Waals surface area contributed by atoms with E-state index in [-0.39, 0.29) is 12.1 Å². The van der Waals surface area contributed by atoms with Crippen molar-refractivity contribution in [2.75, 3.05) is 0 Å². The van der Waals surface area contributed by atoms with E-state index < -0.39 is 0 Å². The number of hydrogen-bond donors (Lipinski definition) is 2.